The van der Waals surface area contributed by atoms with Crippen molar-refractivity contribution in [1.29, 1.82) is 0 Å². The summed E-state index contributed by atoms with van der Waals surface area (Å²) >= 11 is 0.780. The maximum atomic E-state index is 10.3. The second-order valence-electron chi connectivity index (χ2n) is 1.90. The van der Waals surface area contributed by atoms with E-state index in [0.717, 1.165) is 11.7 Å². The Bertz CT molecular complexity index is 275. The minimum absolute atomic E-state index is 0.0932. The largest absolute Gasteiger partial charge is 0.543 e. The third kappa shape index (κ3) is 1.89. The van der Waals surface area contributed by atoms with Crippen LogP contribution in [-0.4, -0.2) is 33.0 Å². The molecule has 0 saturated heterocycles. The first-order valence-corrected chi connectivity index (χ1v) is 3.87. The fourth-order valence-electron chi connectivity index (χ4n) is 0.613. The van der Waals surface area contributed by atoms with Gasteiger partial charge in [0.2, 0.25) is 0 Å². The molecule has 1 rings (SSSR count). The van der Waals surface area contributed by atoms with E-state index < -0.39 is 5.97 Å². The molecule has 66 valence electrons. The number of nitrogens with zero attached hydrogens (tertiary/aromatic N) is 2. The van der Waals surface area contributed by atoms with E-state index in [2.05, 4.69) is 14.1 Å². The Kier molecular flexibility index (Phi) is 2.94. The van der Waals surface area contributed by atoms with Crippen molar-refractivity contribution in [1.82, 2.24) is 8.75 Å². The number of aromatic carboxylic acids is 1. The molecule has 0 radical (unpaired) electrons. The van der Waals surface area contributed by atoms with Crippen LogP contribution >= 0.6 is 11.7 Å². The number of anilines is 1. The first kappa shape index (κ1) is 8.88. The van der Waals surface area contributed by atoms with Crippen LogP contribution in [0.2, 0.25) is 0 Å². The SMILES string of the molecule is O=C([O-])c1nsnc1NCCO. The van der Waals surface area contributed by atoms with E-state index in [1.807, 2.05) is 0 Å². The second kappa shape index (κ2) is 3.98. The van der Waals surface area contributed by atoms with Crippen LogP contribution in [0.1, 0.15) is 10.5 Å². The molecule has 0 spiro atoms. The molecular formula is C5H6N3O3S-. The van der Waals surface area contributed by atoms with E-state index in [0.29, 0.717) is 0 Å². The van der Waals surface area contributed by atoms with Crippen LogP contribution in [0, 0.1) is 0 Å². The Labute approximate surface area is 72.2 Å². The quantitative estimate of drug-likeness (QED) is 0.584. The molecule has 0 aromatic carbocycles. The van der Waals surface area contributed by atoms with Crippen LogP contribution in [0.25, 0.3) is 0 Å². The summed E-state index contributed by atoms with van der Waals surface area (Å²) in [7, 11) is 0. The molecule has 1 aromatic rings. The summed E-state index contributed by atoms with van der Waals surface area (Å²) in [6.45, 7) is 0.149. The van der Waals surface area contributed by atoms with Crippen molar-refractivity contribution in [2.24, 2.45) is 0 Å². The molecule has 0 fully saturated rings. The van der Waals surface area contributed by atoms with Crippen molar-refractivity contribution < 1.29 is 15.0 Å². The Morgan fingerprint density at radius 3 is 3.00 bits per heavy atom. The summed E-state index contributed by atoms with van der Waals surface area (Å²) in [6.07, 6.45) is 0. The average Bonchev–Trinajstić information content (AvgIpc) is 2.48. The monoisotopic (exact) mass is 188 g/mol. The maximum Gasteiger partial charge on any atom is 0.169 e. The zero-order valence-electron chi connectivity index (χ0n) is 5.98. The average molecular weight is 188 g/mol. The highest BCUT2D eigenvalue weighted by Crippen LogP contribution is 2.09. The van der Waals surface area contributed by atoms with Gasteiger partial charge in [0.15, 0.2) is 5.82 Å². The topological polar surface area (TPSA) is 98.2 Å². The maximum absolute atomic E-state index is 10.3. The molecule has 0 aliphatic carbocycles. The summed E-state index contributed by atoms with van der Waals surface area (Å²) in [5.74, 6) is -1.22. The summed E-state index contributed by atoms with van der Waals surface area (Å²) in [5.41, 5.74) is -0.214. The smallest absolute Gasteiger partial charge is 0.169 e. The number of carbonyl (C=O) groups excluding carboxylic acids is 1. The van der Waals surface area contributed by atoms with E-state index >= 15 is 0 Å². The summed E-state index contributed by atoms with van der Waals surface area (Å²) in [4.78, 5) is 10.3. The molecule has 0 unspecified atom stereocenters. The molecule has 0 amide bonds. The number of carbonyl (C=O) groups is 1. The van der Waals surface area contributed by atoms with Crippen LogP contribution in [-0.2, 0) is 0 Å². The third-order valence-corrected chi connectivity index (χ3v) is 1.61. The van der Waals surface area contributed by atoms with Gasteiger partial charge in [0, 0.05) is 6.54 Å². The van der Waals surface area contributed by atoms with Crippen molar-refractivity contribution in [2.75, 3.05) is 18.5 Å². The number of aliphatic hydroxyl groups excluding tert-OH is 1. The zero-order chi connectivity index (χ0) is 8.97. The van der Waals surface area contributed by atoms with E-state index in [-0.39, 0.29) is 24.7 Å². The van der Waals surface area contributed by atoms with E-state index in [9.17, 15) is 9.90 Å². The minimum Gasteiger partial charge on any atom is -0.543 e. The zero-order valence-corrected chi connectivity index (χ0v) is 6.80. The fraction of sp³-hybridized carbons (Fsp3) is 0.400. The van der Waals surface area contributed by atoms with Crippen LogP contribution in [0.4, 0.5) is 5.82 Å². The molecule has 0 aliphatic rings. The predicted molar refractivity (Wildman–Crippen MR) is 39.8 cm³/mol. The summed E-state index contributed by atoms with van der Waals surface area (Å²) in [6, 6.07) is 0. The number of carboxylic acid groups (broad SMARTS) is 1. The second-order valence-corrected chi connectivity index (χ2v) is 2.43. The Morgan fingerprint density at radius 2 is 2.42 bits per heavy atom. The number of aromatic nitrogens is 2. The number of aliphatic hydroxyl groups is 1. The van der Waals surface area contributed by atoms with Crippen molar-refractivity contribution in [2.45, 2.75) is 0 Å². The molecule has 6 nitrogen and oxygen atoms in total. The number of carboxylic acids is 1. The van der Waals surface area contributed by atoms with Crippen LogP contribution < -0.4 is 10.4 Å². The van der Waals surface area contributed by atoms with Gasteiger partial charge in [-0.15, -0.1) is 0 Å². The van der Waals surface area contributed by atoms with Gasteiger partial charge in [0.1, 0.15) is 5.69 Å². The van der Waals surface area contributed by atoms with Crippen molar-refractivity contribution >= 4 is 23.5 Å². The lowest BCUT2D eigenvalue weighted by molar-refractivity contribution is -0.255. The highest BCUT2D eigenvalue weighted by molar-refractivity contribution is 6.99. The van der Waals surface area contributed by atoms with E-state index in [1.54, 1.807) is 0 Å². The number of rotatable bonds is 4. The van der Waals surface area contributed by atoms with Gasteiger partial charge in [-0.1, -0.05) is 0 Å². The highest BCUT2D eigenvalue weighted by Gasteiger charge is 2.06. The van der Waals surface area contributed by atoms with Crippen LogP contribution in [0.3, 0.4) is 0 Å². The molecule has 7 heteroatoms. The minimum atomic E-state index is -1.37. The normalized spacial score (nSPS) is 9.75. The van der Waals surface area contributed by atoms with E-state index in [1.165, 1.54) is 0 Å². The first-order chi connectivity index (χ1) is 5.75. The lowest BCUT2D eigenvalue weighted by Crippen LogP contribution is -2.24. The highest BCUT2D eigenvalue weighted by atomic mass is 32.1. The third-order valence-electron chi connectivity index (χ3n) is 1.09. The van der Waals surface area contributed by atoms with Gasteiger partial charge in [-0.05, 0) is 0 Å². The molecular weight excluding hydrogens is 182 g/mol. The van der Waals surface area contributed by atoms with Gasteiger partial charge in [0.05, 0.1) is 24.3 Å². The first-order valence-electron chi connectivity index (χ1n) is 3.14. The van der Waals surface area contributed by atoms with Crippen LogP contribution in [0.5, 0.6) is 0 Å². The van der Waals surface area contributed by atoms with Gasteiger partial charge >= 0.3 is 0 Å². The standard InChI is InChI=1S/C5H7N3O3S/c9-2-1-6-4-3(5(10)11)7-12-8-4/h9H,1-2H2,(H,6,8)(H,10,11)/p-1. The summed E-state index contributed by atoms with van der Waals surface area (Å²) < 4.78 is 7.16. The van der Waals surface area contributed by atoms with Gasteiger partial charge in [0.25, 0.3) is 0 Å². The van der Waals surface area contributed by atoms with Crippen molar-refractivity contribution in [3.8, 4) is 0 Å². The van der Waals surface area contributed by atoms with Gasteiger partial charge in [-0.2, -0.15) is 8.75 Å². The fourth-order valence-corrected chi connectivity index (χ4v) is 1.13. The van der Waals surface area contributed by atoms with Crippen LogP contribution in [0.15, 0.2) is 0 Å². The van der Waals surface area contributed by atoms with E-state index in [4.69, 9.17) is 5.11 Å². The molecule has 0 bridgehead atoms. The molecule has 1 aromatic heterocycles. The van der Waals surface area contributed by atoms with Crippen molar-refractivity contribution in [3.05, 3.63) is 5.69 Å². The molecule has 0 atom stereocenters. The molecule has 2 N–H and O–H groups in total. The lowest BCUT2D eigenvalue weighted by Gasteiger charge is -2.02. The molecule has 1 heterocycles. The Hall–Kier alpha value is -1.21. The Balaban J connectivity index is 2.70. The summed E-state index contributed by atoms with van der Waals surface area (Å²) in [5, 5.41) is 21.4. The number of hydrogen-bond donors (Lipinski definition) is 2. The number of hydrogen-bond acceptors (Lipinski definition) is 7. The van der Waals surface area contributed by atoms with Gasteiger partial charge in [-0.3, -0.25) is 0 Å². The lowest BCUT2D eigenvalue weighted by atomic mass is 10.4. The van der Waals surface area contributed by atoms with Crippen molar-refractivity contribution in [3.63, 3.8) is 0 Å². The Morgan fingerprint density at radius 1 is 1.67 bits per heavy atom. The molecule has 0 saturated carbocycles. The predicted octanol–water partition coefficient (Wildman–Crippen LogP) is -1.69. The van der Waals surface area contributed by atoms with Gasteiger partial charge < -0.3 is 20.3 Å². The number of nitrogens with one attached hydrogen (secondary N) is 1. The molecule has 12 heavy (non-hydrogen) atoms. The van der Waals surface area contributed by atoms with Gasteiger partial charge in [-0.25, -0.2) is 0 Å². The molecule has 0 aliphatic heterocycles.